The standard InChI is InChI=1S/C14H13FIN3O3/c1-19-12(20)6-4-9(14(21)18-22-2)13(19)17-11-5-3-8(16)7-10(11)15/h3-7,17H,1-2H3,(H,18,21). The minimum Gasteiger partial charge on any atom is -0.339 e. The Bertz CT molecular complexity index is 776. The fourth-order valence-corrected chi connectivity index (χ4v) is 2.29. The Kier molecular flexibility index (Phi) is 5.14. The number of carbonyl (C=O) groups excluding carboxylic acids is 1. The molecule has 0 bridgehead atoms. The van der Waals surface area contributed by atoms with E-state index in [1.54, 1.807) is 6.07 Å². The van der Waals surface area contributed by atoms with Crippen molar-refractivity contribution in [3.8, 4) is 0 Å². The monoisotopic (exact) mass is 417 g/mol. The van der Waals surface area contributed by atoms with Gasteiger partial charge in [-0.05, 0) is 46.9 Å². The van der Waals surface area contributed by atoms with Gasteiger partial charge in [0.2, 0.25) is 0 Å². The molecule has 1 amide bonds. The summed E-state index contributed by atoms with van der Waals surface area (Å²) in [4.78, 5) is 28.3. The van der Waals surface area contributed by atoms with Gasteiger partial charge in [0.15, 0.2) is 0 Å². The molecule has 1 aromatic heterocycles. The van der Waals surface area contributed by atoms with Crippen molar-refractivity contribution in [2.45, 2.75) is 0 Å². The number of halogens is 2. The van der Waals surface area contributed by atoms with Gasteiger partial charge in [-0.15, -0.1) is 0 Å². The molecule has 1 heterocycles. The summed E-state index contributed by atoms with van der Waals surface area (Å²) < 4.78 is 15.9. The van der Waals surface area contributed by atoms with Crippen molar-refractivity contribution in [1.29, 1.82) is 0 Å². The number of hydroxylamine groups is 1. The third-order valence-electron chi connectivity index (χ3n) is 2.94. The molecule has 0 spiro atoms. The summed E-state index contributed by atoms with van der Waals surface area (Å²) in [5.74, 6) is -0.866. The smallest absolute Gasteiger partial charge is 0.278 e. The first-order valence-corrected chi connectivity index (χ1v) is 7.27. The highest BCUT2D eigenvalue weighted by molar-refractivity contribution is 14.1. The van der Waals surface area contributed by atoms with Crippen LogP contribution in [-0.4, -0.2) is 17.6 Å². The van der Waals surface area contributed by atoms with E-state index in [0.29, 0.717) is 0 Å². The number of pyridine rings is 1. The number of rotatable bonds is 4. The SMILES string of the molecule is CONC(=O)c1ccc(=O)n(C)c1Nc1ccc(I)cc1F. The molecule has 6 nitrogen and oxygen atoms in total. The minimum atomic E-state index is -0.550. The molecule has 0 radical (unpaired) electrons. The van der Waals surface area contributed by atoms with E-state index in [0.717, 1.165) is 3.57 Å². The third-order valence-corrected chi connectivity index (χ3v) is 3.61. The lowest BCUT2D eigenvalue weighted by Crippen LogP contribution is -2.27. The quantitative estimate of drug-likeness (QED) is 0.591. The zero-order valence-corrected chi connectivity index (χ0v) is 14.0. The van der Waals surface area contributed by atoms with Gasteiger partial charge in [-0.1, -0.05) is 0 Å². The van der Waals surface area contributed by atoms with Gasteiger partial charge in [-0.3, -0.25) is 19.0 Å². The summed E-state index contributed by atoms with van der Waals surface area (Å²) in [5.41, 5.74) is 2.15. The normalized spacial score (nSPS) is 10.4. The molecule has 2 rings (SSSR count). The molecule has 0 fully saturated rings. The van der Waals surface area contributed by atoms with Crippen LogP contribution in [0.15, 0.2) is 35.1 Å². The van der Waals surface area contributed by atoms with Crippen molar-refractivity contribution in [3.05, 3.63) is 55.6 Å². The van der Waals surface area contributed by atoms with E-state index in [2.05, 4.69) is 15.6 Å². The summed E-state index contributed by atoms with van der Waals surface area (Å²) in [6.07, 6.45) is 0. The number of benzene rings is 1. The van der Waals surface area contributed by atoms with Gasteiger partial charge in [0.05, 0.1) is 18.4 Å². The lowest BCUT2D eigenvalue weighted by atomic mass is 10.2. The maximum Gasteiger partial charge on any atom is 0.278 e. The number of anilines is 2. The lowest BCUT2D eigenvalue weighted by molar-refractivity contribution is 0.0538. The van der Waals surface area contributed by atoms with Crippen molar-refractivity contribution in [3.63, 3.8) is 0 Å². The summed E-state index contributed by atoms with van der Waals surface area (Å²) >= 11 is 1.99. The molecule has 0 aliphatic rings. The highest BCUT2D eigenvalue weighted by atomic mass is 127. The van der Waals surface area contributed by atoms with E-state index in [9.17, 15) is 14.0 Å². The zero-order chi connectivity index (χ0) is 16.3. The van der Waals surface area contributed by atoms with Gasteiger partial charge < -0.3 is 5.32 Å². The van der Waals surface area contributed by atoms with Crippen LogP contribution in [0, 0.1) is 9.39 Å². The molecule has 0 aliphatic heterocycles. The Hall–Kier alpha value is -1.94. The highest BCUT2D eigenvalue weighted by Gasteiger charge is 2.16. The molecule has 22 heavy (non-hydrogen) atoms. The van der Waals surface area contributed by atoms with Gasteiger partial charge in [0.1, 0.15) is 11.6 Å². The number of carbonyl (C=O) groups is 1. The molecule has 0 saturated heterocycles. The molecular formula is C14H13FIN3O3. The van der Waals surface area contributed by atoms with E-state index < -0.39 is 11.7 Å². The fourth-order valence-electron chi connectivity index (χ4n) is 1.84. The van der Waals surface area contributed by atoms with Gasteiger partial charge in [-0.25, -0.2) is 9.87 Å². The Morgan fingerprint density at radius 2 is 2.05 bits per heavy atom. The summed E-state index contributed by atoms with van der Waals surface area (Å²) in [6.45, 7) is 0. The maximum atomic E-state index is 14.0. The molecule has 0 atom stereocenters. The Morgan fingerprint density at radius 3 is 2.68 bits per heavy atom. The number of amides is 1. The van der Waals surface area contributed by atoms with E-state index >= 15 is 0 Å². The summed E-state index contributed by atoms with van der Waals surface area (Å²) in [7, 11) is 2.78. The summed E-state index contributed by atoms with van der Waals surface area (Å²) in [5, 5.41) is 2.78. The van der Waals surface area contributed by atoms with Crippen LogP contribution in [0.1, 0.15) is 10.4 Å². The molecule has 2 aromatic rings. The van der Waals surface area contributed by atoms with Crippen molar-refractivity contribution in [2.75, 3.05) is 12.4 Å². The lowest BCUT2D eigenvalue weighted by Gasteiger charge is -2.15. The Morgan fingerprint density at radius 1 is 1.32 bits per heavy atom. The average molecular weight is 417 g/mol. The van der Waals surface area contributed by atoms with Crippen molar-refractivity contribution < 1.29 is 14.0 Å². The largest absolute Gasteiger partial charge is 0.339 e. The molecular weight excluding hydrogens is 404 g/mol. The maximum absolute atomic E-state index is 14.0. The molecule has 8 heteroatoms. The van der Waals surface area contributed by atoms with Crippen LogP contribution >= 0.6 is 22.6 Å². The number of nitrogens with zero attached hydrogens (tertiary/aromatic N) is 1. The van der Waals surface area contributed by atoms with Crippen LogP contribution in [0.25, 0.3) is 0 Å². The topological polar surface area (TPSA) is 72.4 Å². The molecule has 1 aromatic carbocycles. The second-order valence-electron chi connectivity index (χ2n) is 4.38. The Balaban J connectivity index is 2.50. The number of aromatic nitrogens is 1. The third kappa shape index (κ3) is 3.45. The van der Waals surface area contributed by atoms with Crippen LogP contribution < -0.4 is 16.4 Å². The first-order chi connectivity index (χ1) is 10.4. The van der Waals surface area contributed by atoms with Gasteiger partial charge in [0.25, 0.3) is 11.5 Å². The van der Waals surface area contributed by atoms with Crippen LogP contribution in [0.5, 0.6) is 0 Å². The minimum absolute atomic E-state index is 0.155. The predicted octanol–water partition coefficient (Wildman–Crippen LogP) is 2.16. The number of hydrogen-bond donors (Lipinski definition) is 2. The number of hydrogen-bond acceptors (Lipinski definition) is 4. The van der Waals surface area contributed by atoms with Crippen molar-refractivity contribution in [2.24, 2.45) is 7.05 Å². The van der Waals surface area contributed by atoms with Gasteiger partial charge >= 0.3 is 0 Å². The van der Waals surface area contributed by atoms with Crippen LogP contribution in [-0.2, 0) is 11.9 Å². The second-order valence-corrected chi connectivity index (χ2v) is 5.62. The number of nitrogens with one attached hydrogen (secondary N) is 2. The molecule has 0 unspecified atom stereocenters. The van der Waals surface area contributed by atoms with E-state index in [-0.39, 0.29) is 22.6 Å². The van der Waals surface area contributed by atoms with E-state index in [1.165, 1.54) is 43.0 Å². The predicted molar refractivity (Wildman–Crippen MR) is 88.6 cm³/mol. The van der Waals surface area contributed by atoms with Crippen LogP contribution in [0.3, 0.4) is 0 Å². The van der Waals surface area contributed by atoms with Gasteiger partial charge in [-0.2, -0.15) is 0 Å². The first kappa shape index (κ1) is 16.4. The molecule has 116 valence electrons. The van der Waals surface area contributed by atoms with Crippen molar-refractivity contribution >= 4 is 40.0 Å². The fraction of sp³-hybridized carbons (Fsp3) is 0.143. The Labute approximate surface area is 139 Å². The van der Waals surface area contributed by atoms with Crippen LogP contribution in [0.2, 0.25) is 0 Å². The summed E-state index contributed by atoms with van der Waals surface area (Å²) in [6, 6.07) is 7.19. The first-order valence-electron chi connectivity index (χ1n) is 6.19. The molecule has 0 aliphatic carbocycles. The average Bonchev–Trinajstić information content (AvgIpc) is 2.46. The van der Waals surface area contributed by atoms with E-state index in [4.69, 9.17) is 0 Å². The molecule has 2 N–H and O–H groups in total. The molecule has 0 saturated carbocycles. The second kappa shape index (κ2) is 6.88. The van der Waals surface area contributed by atoms with Crippen LogP contribution in [0.4, 0.5) is 15.9 Å². The highest BCUT2D eigenvalue weighted by Crippen LogP contribution is 2.23. The zero-order valence-electron chi connectivity index (χ0n) is 11.8. The van der Waals surface area contributed by atoms with Crippen molar-refractivity contribution in [1.82, 2.24) is 10.0 Å². The van der Waals surface area contributed by atoms with Gasteiger partial charge in [0, 0.05) is 16.7 Å². The van der Waals surface area contributed by atoms with E-state index in [1.807, 2.05) is 22.6 Å².